The lowest BCUT2D eigenvalue weighted by Gasteiger charge is -2.16. The first-order valence-corrected chi connectivity index (χ1v) is 8.09. The van der Waals surface area contributed by atoms with Gasteiger partial charge < -0.3 is 15.0 Å². The van der Waals surface area contributed by atoms with Gasteiger partial charge in [0.25, 0.3) is 0 Å². The van der Waals surface area contributed by atoms with E-state index in [1.165, 1.54) is 27.7 Å². The highest BCUT2D eigenvalue weighted by molar-refractivity contribution is 5.85. The fraction of sp³-hybridized carbons (Fsp3) is 0.300. The molecule has 3 heteroatoms. The van der Waals surface area contributed by atoms with Crippen LogP contribution in [0.2, 0.25) is 0 Å². The maximum absolute atomic E-state index is 10.4. The minimum atomic E-state index is -0.440. The molecule has 3 aromatic rings. The Morgan fingerprint density at radius 3 is 2.61 bits per heavy atom. The third kappa shape index (κ3) is 3.25. The van der Waals surface area contributed by atoms with Crippen LogP contribution in [0.15, 0.2) is 48.5 Å². The zero-order chi connectivity index (χ0) is 16.4. The van der Waals surface area contributed by atoms with Crippen molar-refractivity contribution in [1.29, 1.82) is 0 Å². The van der Waals surface area contributed by atoms with Gasteiger partial charge in [0.15, 0.2) is 0 Å². The average molecular weight is 308 g/mol. The molecule has 23 heavy (non-hydrogen) atoms. The molecule has 2 aromatic carbocycles. The molecule has 0 saturated heterocycles. The molecule has 0 fully saturated rings. The van der Waals surface area contributed by atoms with E-state index in [2.05, 4.69) is 67.1 Å². The Labute approximate surface area is 137 Å². The second-order valence-electron chi connectivity index (χ2n) is 6.24. The Hall–Kier alpha value is -2.26. The average Bonchev–Trinajstić information content (AvgIpc) is 2.79. The Bertz CT molecular complexity index is 820. The molecule has 1 atom stereocenters. The Kier molecular flexibility index (Phi) is 4.39. The van der Waals surface area contributed by atoms with Crippen molar-refractivity contribution in [2.75, 3.05) is 11.9 Å². The SMILES string of the molecule is Cc1cccc(NC[C@@H](O)Cn2c(C)c(C)c3ccccc32)c1. The molecule has 0 aliphatic heterocycles. The highest BCUT2D eigenvalue weighted by atomic mass is 16.3. The standard InChI is InChI=1S/C20H24N2O/c1-14-7-6-8-17(11-14)21-12-18(23)13-22-16(3)15(2)19-9-4-5-10-20(19)22/h4-11,18,21,23H,12-13H2,1-3H3/t18-/m1/s1. The van der Waals surface area contributed by atoms with Gasteiger partial charge in [-0.1, -0.05) is 30.3 Å². The number of hydrogen-bond acceptors (Lipinski definition) is 2. The van der Waals surface area contributed by atoms with Crippen LogP contribution in [0.4, 0.5) is 5.69 Å². The number of nitrogens with zero attached hydrogens (tertiary/aromatic N) is 1. The highest BCUT2D eigenvalue weighted by Gasteiger charge is 2.13. The van der Waals surface area contributed by atoms with Crippen molar-refractivity contribution in [3.8, 4) is 0 Å². The Morgan fingerprint density at radius 1 is 1.04 bits per heavy atom. The normalized spacial score (nSPS) is 12.5. The minimum Gasteiger partial charge on any atom is -0.389 e. The number of nitrogens with one attached hydrogen (secondary N) is 1. The van der Waals surface area contributed by atoms with Crippen molar-refractivity contribution in [1.82, 2.24) is 4.57 Å². The molecular weight excluding hydrogens is 284 g/mol. The van der Waals surface area contributed by atoms with Crippen molar-refractivity contribution >= 4 is 16.6 Å². The molecule has 0 bridgehead atoms. The molecule has 0 spiro atoms. The third-order valence-corrected chi connectivity index (χ3v) is 4.50. The second-order valence-corrected chi connectivity index (χ2v) is 6.24. The van der Waals surface area contributed by atoms with Gasteiger partial charge in [-0.15, -0.1) is 0 Å². The van der Waals surface area contributed by atoms with Gasteiger partial charge in [0.05, 0.1) is 12.6 Å². The number of benzene rings is 2. The predicted octanol–water partition coefficient (Wildman–Crippen LogP) is 4.04. The quantitative estimate of drug-likeness (QED) is 0.746. The summed E-state index contributed by atoms with van der Waals surface area (Å²) in [4.78, 5) is 0. The molecule has 3 nitrogen and oxygen atoms in total. The van der Waals surface area contributed by atoms with Crippen LogP contribution in [-0.4, -0.2) is 22.3 Å². The lowest BCUT2D eigenvalue weighted by molar-refractivity contribution is 0.167. The van der Waals surface area contributed by atoms with Gasteiger partial charge in [-0.2, -0.15) is 0 Å². The van der Waals surface area contributed by atoms with Crippen LogP contribution in [-0.2, 0) is 6.54 Å². The van der Waals surface area contributed by atoms with Crippen molar-refractivity contribution in [3.63, 3.8) is 0 Å². The van der Waals surface area contributed by atoms with Gasteiger partial charge in [-0.05, 0) is 50.1 Å². The molecule has 0 amide bonds. The van der Waals surface area contributed by atoms with Crippen molar-refractivity contribution in [3.05, 3.63) is 65.4 Å². The van der Waals surface area contributed by atoms with Crippen LogP contribution in [0.1, 0.15) is 16.8 Å². The van der Waals surface area contributed by atoms with Crippen LogP contribution in [0, 0.1) is 20.8 Å². The predicted molar refractivity (Wildman–Crippen MR) is 97.1 cm³/mol. The number of aromatic nitrogens is 1. The lowest BCUT2D eigenvalue weighted by Crippen LogP contribution is -2.25. The smallest absolute Gasteiger partial charge is 0.0891 e. The van der Waals surface area contributed by atoms with Gasteiger partial charge in [-0.3, -0.25) is 0 Å². The molecule has 1 heterocycles. The van der Waals surface area contributed by atoms with Crippen LogP contribution in [0.25, 0.3) is 10.9 Å². The van der Waals surface area contributed by atoms with Crippen molar-refractivity contribution < 1.29 is 5.11 Å². The molecule has 120 valence electrons. The summed E-state index contributed by atoms with van der Waals surface area (Å²) in [6.45, 7) is 7.47. The summed E-state index contributed by atoms with van der Waals surface area (Å²) in [7, 11) is 0. The fourth-order valence-corrected chi connectivity index (χ4v) is 3.11. The number of para-hydroxylation sites is 1. The first-order chi connectivity index (χ1) is 11.1. The lowest BCUT2D eigenvalue weighted by atomic mass is 10.2. The molecule has 0 aliphatic carbocycles. The van der Waals surface area contributed by atoms with Gasteiger partial charge in [-0.25, -0.2) is 0 Å². The highest BCUT2D eigenvalue weighted by Crippen LogP contribution is 2.25. The van der Waals surface area contributed by atoms with E-state index in [1.807, 2.05) is 12.1 Å². The van der Waals surface area contributed by atoms with Crippen LogP contribution >= 0.6 is 0 Å². The van der Waals surface area contributed by atoms with Crippen molar-refractivity contribution in [2.24, 2.45) is 0 Å². The summed E-state index contributed by atoms with van der Waals surface area (Å²) in [6.07, 6.45) is -0.440. The Balaban J connectivity index is 1.73. The van der Waals surface area contributed by atoms with Gasteiger partial charge >= 0.3 is 0 Å². The second kappa shape index (κ2) is 6.47. The van der Waals surface area contributed by atoms with E-state index < -0.39 is 6.10 Å². The number of aliphatic hydroxyl groups is 1. The number of hydrogen-bond donors (Lipinski definition) is 2. The molecule has 0 radical (unpaired) electrons. The first kappa shape index (κ1) is 15.6. The van der Waals surface area contributed by atoms with Crippen LogP contribution in [0.5, 0.6) is 0 Å². The van der Waals surface area contributed by atoms with E-state index in [-0.39, 0.29) is 0 Å². The topological polar surface area (TPSA) is 37.2 Å². The Morgan fingerprint density at radius 2 is 1.83 bits per heavy atom. The summed E-state index contributed by atoms with van der Waals surface area (Å²) in [6, 6.07) is 16.6. The number of aliphatic hydroxyl groups excluding tert-OH is 1. The summed E-state index contributed by atoms with van der Waals surface area (Å²) >= 11 is 0. The van der Waals surface area contributed by atoms with Gasteiger partial charge in [0.2, 0.25) is 0 Å². The van der Waals surface area contributed by atoms with Gasteiger partial charge in [0, 0.05) is 28.8 Å². The van der Waals surface area contributed by atoms with E-state index in [1.54, 1.807) is 0 Å². The number of fused-ring (bicyclic) bond motifs is 1. The molecule has 1 aromatic heterocycles. The summed E-state index contributed by atoms with van der Waals surface area (Å²) in [5.74, 6) is 0. The van der Waals surface area contributed by atoms with Crippen molar-refractivity contribution in [2.45, 2.75) is 33.4 Å². The number of rotatable bonds is 5. The third-order valence-electron chi connectivity index (χ3n) is 4.50. The zero-order valence-corrected chi connectivity index (χ0v) is 14.0. The van der Waals surface area contributed by atoms with E-state index in [9.17, 15) is 5.11 Å². The largest absolute Gasteiger partial charge is 0.389 e. The van der Waals surface area contributed by atoms with E-state index in [0.29, 0.717) is 13.1 Å². The van der Waals surface area contributed by atoms with Gasteiger partial charge in [0.1, 0.15) is 0 Å². The molecule has 3 rings (SSSR count). The first-order valence-electron chi connectivity index (χ1n) is 8.09. The molecule has 2 N–H and O–H groups in total. The van der Waals surface area contributed by atoms with Crippen LogP contribution < -0.4 is 5.32 Å². The zero-order valence-electron chi connectivity index (χ0n) is 14.0. The molecule has 0 unspecified atom stereocenters. The van der Waals surface area contributed by atoms with E-state index >= 15 is 0 Å². The molecule has 0 aliphatic rings. The maximum atomic E-state index is 10.4. The van der Waals surface area contributed by atoms with Crippen LogP contribution in [0.3, 0.4) is 0 Å². The number of aryl methyl sites for hydroxylation is 2. The van der Waals surface area contributed by atoms with E-state index in [0.717, 1.165) is 5.69 Å². The monoisotopic (exact) mass is 308 g/mol. The molecule has 0 saturated carbocycles. The van der Waals surface area contributed by atoms with E-state index in [4.69, 9.17) is 0 Å². The summed E-state index contributed by atoms with van der Waals surface area (Å²) in [5.41, 5.74) is 5.97. The maximum Gasteiger partial charge on any atom is 0.0891 e. The number of anilines is 1. The fourth-order valence-electron chi connectivity index (χ4n) is 3.11. The minimum absolute atomic E-state index is 0.440. The molecular formula is C20H24N2O. The summed E-state index contributed by atoms with van der Waals surface area (Å²) in [5, 5.41) is 15.0. The summed E-state index contributed by atoms with van der Waals surface area (Å²) < 4.78 is 2.22.